The van der Waals surface area contributed by atoms with Crippen LogP contribution in [0, 0.1) is 0 Å². The smallest absolute Gasteiger partial charge is 0.326 e. The predicted octanol–water partition coefficient (Wildman–Crippen LogP) is 1.11. The molecule has 1 aromatic rings. The van der Waals surface area contributed by atoms with Crippen molar-refractivity contribution in [3.8, 4) is 0 Å². The van der Waals surface area contributed by atoms with Crippen molar-refractivity contribution in [2.75, 3.05) is 19.4 Å². The average Bonchev–Trinajstić information content (AvgIpc) is 2.37. The maximum absolute atomic E-state index is 11.7. The molecule has 1 unspecified atom stereocenters. The van der Waals surface area contributed by atoms with E-state index in [0.29, 0.717) is 12.3 Å². The molecular weight excluding hydrogens is 238 g/mol. The van der Waals surface area contributed by atoms with E-state index >= 15 is 0 Å². The minimum Gasteiger partial charge on any atom is -0.468 e. The Balaban J connectivity index is 2.64. The van der Waals surface area contributed by atoms with Gasteiger partial charge in [0.25, 0.3) is 0 Å². The van der Waals surface area contributed by atoms with Gasteiger partial charge in [-0.05, 0) is 13.5 Å². The second kappa shape index (κ2) is 6.56. The molecule has 1 aromatic heterocycles. The Bertz CT molecular complexity index is 361. The summed E-state index contributed by atoms with van der Waals surface area (Å²) in [6, 6.07) is 0. The van der Waals surface area contributed by atoms with Crippen LogP contribution in [0.3, 0.4) is 0 Å². The number of carbonyl (C=O) groups is 1. The van der Waals surface area contributed by atoms with Gasteiger partial charge < -0.3 is 10.1 Å². The molecule has 94 valence electrons. The molecule has 0 aliphatic rings. The molecule has 1 N–H and O–H groups in total. The number of nitrogens with one attached hydrogen (secondary N) is 1. The summed E-state index contributed by atoms with van der Waals surface area (Å²) in [6.07, 6.45) is 4.92. The number of ether oxygens (including phenoxy) is 1. The van der Waals surface area contributed by atoms with Crippen molar-refractivity contribution in [1.29, 1.82) is 0 Å². The first-order chi connectivity index (χ1) is 8.12. The summed E-state index contributed by atoms with van der Waals surface area (Å²) in [4.78, 5) is 19.8. The minimum absolute atomic E-state index is 0.268. The molecule has 0 spiro atoms. The van der Waals surface area contributed by atoms with E-state index < -0.39 is 5.54 Å². The van der Waals surface area contributed by atoms with Crippen molar-refractivity contribution < 1.29 is 9.53 Å². The van der Waals surface area contributed by atoms with Crippen LogP contribution >= 0.6 is 11.8 Å². The zero-order valence-corrected chi connectivity index (χ0v) is 11.1. The first-order valence-corrected chi connectivity index (χ1v) is 6.33. The Morgan fingerprint density at radius 1 is 1.59 bits per heavy atom. The first-order valence-electron chi connectivity index (χ1n) is 5.34. The molecule has 0 saturated heterocycles. The number of thioether (sulfide) groups is 1. The largest absolute Gasteiger partial charge is 0.468 e. The van der Waals surface area contributed by atoms with Gasteiger partial charge in [-0.1, -0.05) is 6.92 Å². The number of aromatic nitrogens is 2. The Kier molecular flexibility index (Phi) is 5.37. The summed E-state index contributed by atoms with van der Waals surface area (Å²) in [5.41, 5.74) is -0.703. The van der Waals surface area contributed by atoms with E-state index in [4.69, 9.17) is 4.74 Å². The van der Waals surface area contributed by atoms with Crippen LogP contribution in [0.2, 0.25) is 0 Å². The van der Waals surface area contributed by atoms with E-state index in [2.05, 4.69) is 15.3 Å². The van der Waals surface area contributed by atoms with Gasteiger partial charge in [0, 0.05) is 18.1 Å². The molecule has 0 amide bonds. The van der Waals surface area contributed by atoms with Gasteiger partial charge in [-0.15, -0.1) is 11.8 Å². The second-order valence-corrected chi connectivity index (χ2v) is 4.68. The number of hydrogen-bond donors (Lipinski definition) is 1. The zero-order valence-electron chi connectivity index (χ0n) is 10.3. The van der Waals surface area contributed by atoms with Crippen LogP contribution in [0.15, 0.2) is 23.6 Å². The number of hydrogen-bond acceptors (Lipinski definition) is 6. The van der Waals surface area contributed by atoms with Gasteiger partial charge in [-0.25, -0.2) is 4.98 Å². The van der Waals surface area contributed by atoms with Crippen molar-refractivity contribution in [2.24, 2.45) is 0 Å². The number of likely N-dealkylation sites (N-methyl/N-ethyl adjacent to an activating group) is 1. The predicted molar refractivity (Wildman–Crippen MR) is 66.9 cm³/mol. The van der Waals surface area contributed by atoms with Crippen LogP contribution in [-0.4, -0.2) is 40.9 Å². The molecule has 17 heavy (non-hydrogen) atoms. The van der Waals surface area contributed by atoms with Crippen LogP contribution < -0.4 is 5.32 Å². The molecule has 6 heteroatoms. The molecule has 0 aliphatic heterocycles. The lowest BCUT2D eigenvalue weighted by Gasteiger charge is -2.26. The topological polar surface area (TPSA) is 64.1 Å². The highest BCUT2D eigenvalue weighted by atomic mass is 32.2. The van der Waals surface area contributed by atoms with E-state index in [-0.39, 0.29) is 5.97 Å². The van der Waals surface area contributed by atoms with Crippen LogP contribution in [0.1, 0.15) is 13.8 Å². The van der Waals surface area contributed by atoms with Crippen LogP contribution in [0.5, 0.6) is 0 Å². The molecule has 0 fully saturated rings. The van der Waals surface area contributed by atoms with Gasteiger partial charge in [0.15, 0.2) is 0 Å². The number of methoxy groups -OCH3 is 1. The standard InChI is InChI=1S/C11H17N3O2S/c1-4-14-11(2,10(15)16-3)8-17-9-7-12-5-6-13-9/h5-7,14H,4,8H2,1-3H3. The van der Waals surface area contributed by atoms with Crippen LogP contribution in [-0.2, 0) is 9.53 Å². The Morgan fingerprint density at radius 2 is 2.35 bits per heavy atom. The zero-order chi connectivity index (χ0) is 12.7. The Labute approximate surface area is 105 Å². The summed E-state index contributed by atoms with van der Waals surface area (Å²) in [5, 5.41) is 3.93. The molecule has 0 aliphatic carbocycles. The van der Waals surface area contributed by atoms with Crippen molar-refractivity contribution in [1.82, 2.24) is 15.3 Å². The number of esters is 1. The number of carbonyl (C=O) groups excluding carboxylic acids is 1. The highest BCUT2D eigenvalue weighted by Crippen LogP contribution is 2.20. The fourth-order valence-electron chi connectivity index (χ4n) is 1.38. The van der Waals surface area contributed by atoms with E-state index in [0.717, 1.165) is 5.03 Å². The van der Waals surface area contributed by atoms with Crippen molar-refractivity contribution in [3.63, 3.8) is 0 Å². The molecule has 0 radical (unpaired) electrons. The molecule has 1 heterocycles. The van der Waals surface area contributed by atoms with Crippen LogP contribution in [0.4, 0.5) is 0 Å². The molecule has 1 atom stereocenters. The van der Waals surface area contributed by atoms with Crippen molar-refractivity contribution in [2.45, 2.75) is 24.4 Å². The maximum atomic E-state index is 11.7. The summed E-state index contributed by atoms with van der Waals surface area (Å²) < 4.78 is 4.81. The molecule has 5 nitrogen and oxygen atoms in total. The normalized spacial score (nSPS) is 14.1. The van der Waals surface area contributed by atoms with Gasteiger partial charge in [0.1, 0.15) is 10.6 Å². The quantitative estimate of drug-likeness (QED) is 0.607. The Hall–Kier alpha value is -1.14. The molecule has 0 bridgehead atoms. The summed E-state index contributed by atoms with van der Waals surface area (Å²) in [5.74, 6) is 0.280. The molecule has 0 aromatic carbocycles. The Morgan fingerprint density at radius 3 is 2.88 bits per heavy atom. The highest BCUT2D eigenvalue weighted by molar-refractivity contribution is 7.99. The molecule has 1 rings (SSSR count). The van der Waals surface area contributed by atoms with Gasteiger partial charge in [-0.3, -0.25) is 9.78 Å². The molecular formula is C11H17N3O2S. The fraction of sp³-hybridized carbons (Fsp3) is 0.545. The van der Waals surface area contributed by atoms with E-state index in [1.165, 1.54) is 18.9 Å². The van der Waals surface area contributed by atoms with Crippen molar-refractivity contribution >= 4 is 17.7 Å². The number of nitrogens with zero attached hydrogens (tertiary/aromatic N) is 2. The minimum atomic E-state index is -0.703. The average molecular weight is 255 g/mol. The highest BCUT2D eigenvalue weighted by Gasteiger charge is 2.33. The summed E-state index contributed by atoms with van der Waals surface area (Å²) >= 11 is 1.47. The fourth-order valence-corrected chi connectivity index (χ4v) is 2.30. The lowest BCUT2D eigenvalue weighted by Crippen LogP contribution is -2.52. The summed E-state index contributed by atoms with van der Waals surface area (Å²) in [7, 11) is 1.39. The molecule has 0 saturated carbocycles. The summed E-state index contributed by atoms with van der Waals surface area (Å²) in [6.45, 7) is 4.48. The number of rotatable bonds is 6. The van der Waals surface area contributed by atoms with E-state index in [9.17, 15) is 4.79 Å². The van der Waals surface area contributed by atoms with Gasteiger partial charge in [0.05, 0.1) is 13.3 Å². The van der Waals surface area contributed by atoms with Gasteiger partial charge >= 0.3 is 5.97 Å². The lowest BCUT2D eigenvalue weighted by molar-refractivity contribution is -0.146. The third-order valence-electron chi connectivity index (χ3n) is 2.25. The monoisotopic (exact) mass is 255 g/mol. The SMILES string of the molecule is CCNC(C)(CSc1cnccn1)C(=O)OC. The van der Waals surface area contributed by atoms with E-state index in [1.54, 1.807) is 18.6 Å². The first kappa shape index (κ1) is 13.9. The maximum Gasteiger partial charge on any atom is 0.326 e. The van der Waals surface area contributed by atoms with E-state index in [1.807, 2.05) is 13.8 Å². The van der Waals surface area contributed by atoms with Crippen molar-refractivity contribution in [3.05, 3.63) is 18.6 Å². The lowest BCUT2D eigenvalue weighted by atomic mass is 10.1. The van der Waals surface area contributed by atoms with Crippen LogP contribution in [0.25, 0.3) is 0 Å². The van der Waals surface area contributed by atoms with Gasteiger partial charge in [0.2, 0.25) is 0 Å². The third kappa shape index (κ3) is 3.98. The third-order valence-corrected chi connectivity index (χ3v) is 3.48. The van der Waals surface area contributed by atoms with Gasteiger partial charge in [-0.2, -0.15) is 0 Å². The second-order valence-electron chi connectivity index (χ2n) is 3.69.